The molecule has 0 bridgehead atoms. The first kappa shape index (κ1) is 15.7. The average molecular weight is 312 g/mol. The van der Waals surface area contributed by atoms with Crippen LogP contribution in [-0.2, 0) is 22.5 Å². The molecular formula is C19H20O4. The molecule has 23 heavy (non-hydrogen) atoms. The van der Waals surface area contributed by atoms with E-state index in [0.29, 0.717) is 25.4 Å². The summed E-state index contributed by atoms with van der Waals surface area (Å²) in [6.07, 6.45) is 1.47. The van der Waals surface area contributed by atoms with Gasteiger partial charge in [0.25, 0.3) is 0 Å². The van der Waals surface area contributed by atoms with Gasteiger partial charge in [0, 0.05) is 11.1 Å². The zero-order chi connectivity index (χ0) is 16.1. The van der Waals surface area contributed by atoms with E-state index < -0.39 is 0 Å². The van der Waals surface area contributed by atoms with Gasteiger partial charge in [-0.15, -0.1) is 0 Å². The number of carbonyl (C=O) groups is 1. The molecule has 2 aromatic rings. The van der Waals surface area contributed by atoms with Gasteiger partial charge < -0.3 is 14.2 Å². The van der Waals surface area contributed by atoms with Gasteiger partial charge >= 0.3 is 0 Å². The topological polar surface area (TPSA) is 44.8 Å². The van der Waals surface area contributed by atoms with Gasteiger partial charge in [-0.2, -0.15) is 0 Å². The minimum absolute atomic E-state index is 0.249. The van der Waals surface area contributed by atoms with Crippen molar-refractivity contribution in [2.24, 2.45) is 0 Å². The maximum Gasteiger partial charge on any atom is 0.184 e. The molecule has 0 N–H and O–H groups in total. The van der Waals surface area contributed by atoms with Crippen LogP contribution in [-0.4, -0.2) is 19.5 Å². The molecule has 0 amide bonds. The zero-order valence-corrected chi connectivity index (χ0v) is 13.2. The summed E-state index contributed by atoms with van der Waals surface area (Å²) in [7, 11) is 0. The number of aldehydes is 1. The number of aryl methyl sites for hydroxylation is 1. The molecule has 0 spiro atoms. The van der Waals surface area contributed by atoms with Crippen molar-refractivity contribution in [1.82, 2.24) is 0 Å². The largest absolute Gasteiger partial charge is 0.489 e. The van der Waals surface area contributed by atoms with Gasteiger partial charge in [0.05, 0.1) is 13.2 Å². The van der Waals surface area contributed by atoms with Crippen LogP contribution in [0.3, 0.4) is 0 Å². The van der Waals surface area contributed by atoms with E-state index in [0.717, 1.165) is 35.1 Å². The number of ether oxygens (including phenoxy) is 3. The van der Waals surface area contributed by atoms with E-state index in [-0.39, 0.29) is 6.29 Å². The van der Waals surface area contributed by atoms with Crippen LogP contribution >= 0.6 is 0 Å². The molecule has 0 atom stereocenters. The van der Waals surface area contributed by atoms with Gasteiger partial charge in [-0.1, -0.05) is 31.2 Å². The van der Waals surface area contributed by atoms with Crippen LogP contribution in [0, 0.1) is 0 Å². The first-order chi connectivity index (χ1) is 11.3. The lowest BCUT2D eigenvalue weighted by molar-refractivity contribution is -0.0441. The SMILES string of the molecule is CCc1cc(C=O)cc(OCc2ccc(C3OCCO3)cc2)c1. The smallest absolute Gasteiger partial charge is 0.184 e. The molecule has 0 aromatic heterocycles. The highest BCUT2D eigenvalue weighted by atomic mass is 16.7. The van der Waals surface area contributed by atoms with Crippen molar-refractivity contribution in [1.29, 1.82) is 0 Å². The van der Waals surface area contributed by atoms with Gasteiger partial charge in [-0.05, 0) is 35.7 Å². The Morgan fingerprint density at radius 1 is 1.09 bits per heavy atom. The van der Waals surface area contributed by atoms with E-state index in [1.54, 1.807) is 6.07 Å². The van der Waals surface area contributed by atoms with E-state index in [1.807, 2.05) is 36.4 Å². The third-order valence-corrected chi connectivity index (χ3v) is 3.81. The van der Waals surface area contributed by atoms with Gasteiger partial charge in [-0.25, -0.2) is 0 Å². The Morgan fingerprint density at radius 2 is 1.83 bits per heavy atom. The lowest BCUT2D eigenvalue weighted by Gasteiger charge is -2.11. The molecule has 0 radical (unpaired) electrons. The highest BCUT2D eigenvalue weighted by Crippen LogP contribution is 2.24. The molecule has 3 rings (SSSR count). The molecule has 1 aliphatic rings. The van der Waals surface area contributed by atoms with Gasteiger partial charge in [0.15, 0.2) is 6.29 Å². The van der Waals surface area contributed by atoms with Crippen LogP contribution in [0.25, 0.3) is 0 Å². The second-order valence-corrected chi connectivity index (χ2v) is 5.49. The molecule has 1 fully saturated rings. The second kappa shape index (κ2) is 7.40. The minimum Gasteiger partial charge on any atom is -0.489 e. The van der Waals surface area contributed by atoms with Crippen molar-refractivity contribution < 1.29 is 19.0 Å². The Balaban J connectivity index is 1.64. The Hall–Kier alpha value is -2.17. The molecule has 1 heterocycles. The molecule has 0 unspecified atom stereocenters. The molecule has 0 saturated carbocycles. The van der Waals surface area contributed by atoms with Crippen molar-refractivity contribution >= 4 is 6.29 Å². The van der Waals surface area contributed by atoms with E-state index in [9.17, 15) is 4.79 Å². The Bertz CT molecular complexity index is 658. The fourth-order valence-electron chi connectivity index (χ4n) is 2.53. The van der Waals surface area contributed by atoms with Crippen molar-refractivity contribution in [2.75, 3.05) is 13.2 Å². The molecular weight excluding hydrogens is 292 g/mol. The van der Waals surface area contributed by atoms with Crippen LogP contribution in [0.1, 0.15) is 40.3 Å². The first-order valence-corrected chi connectivity index (χ1v) is 7.82. The fraction of sp³-hybridized carbons (Fsp3) is 0.316. The summed E-state index contributed by atoms with van der Waals surface area (Å²) < 4.78 is 16.8. The standard InChI is InChI=1S/C19H20O4/c1-2-14-9-16(12-20)11-18(10-14)23-13-15-3-5-17(6-4-15)19-21-7-8-22-19/h3-6,9-12,19H,2,7-8,13H2,1H3. The maximum absolute atomic E-state index is 11.0. The first-order valence-electron chi connectivity index (χ1n) is 7.82. The molecule has 1 aliphatic heterocycles. The Morgan fingerprint density at radius 3 is 2.48 bits per heavy atom. The highest BCUT2D eigenvalue weighted by Gasteiger charge is 2.17. The number of rotatable bonds is 6. The summed E-state index contributed by atoms with van der Waals surface area (Å²) in [5.74, 6) is 0.720. The normalized spacial score (nSPS) is 14.8. The third-order valence-electron chi connectivity index (χ3n) is 3.81. The monoisotopic (exact) mass is 312 g/mol. The van der Waals surface area contributed by atoms with Gasteiger partial charge in [-0.3, -0.25) is 4.79 Å². The summed E-state index contributed by atoms with van der Waals surface area (Å²) in [6, 6.07) is 13.6. The number of hydrogen-bond acceptors (Lipinski definition) is 4. The Labute approximate surface area is 136 Å². The molecule has 2 aromatic carbocycles. The lowest BCUT2D eigenvalue weighted by atomic mass is 10.1. The van der Waals surface area contributed by atoms with E-state index in [1.165, 1.54) is 0 Å². The second-order valence-electron chi connectivity index (χ2n) is 5.49. The van der Waals surface area contributed by atoms with E-state index in [4.69, 9.17) is 14.2 Å². The van der Waals surface area contributed by atoms with Crippen LogP contribution in [0.15, 0.2) is 42.5 Å². The van der Waals surface area contributed by atoms with Crippen LogP contribution < -0.4 is 4.74 Å². The van der Waals surface area contributed by atoms with E-state index >= 15 is 0 Å². The van der Waals surface area contributed by atoms with Crippen LogP contribution in [0.4, 0.5) is 0 Å². The minimum atomic E-state index is -0.249. The summed E-state index contributed by atoms with van der Waals surface area (Å²) in [5, 5.41) is 0. The zero-order valence-electron chi connectivity index (χ0n) is 13.2. The van der Waals surface area contributed by atoms with Crippen LogP contribution in [0.5, 0.6) is 5.75 Å². The summed E-state index contributed by atoms with van der Waals surface area (Å²) in [6.45, 7) is 3.79. The van der Waals surface area contributed by atoms with Gasteiger partial charge in [0.1, 0.15) is 18.6 Å². The summed E-state index contributed by atoms with van der Waals surface area (Å²) >= 11 is 0. The Kier molecular flexibility index (Phi) is 5.05. The van der Waals surface area contributed by atoms with Crippen molar-refractivity contribution in [3.63, 3.8) is 0 Å². The summed E-state index contributed by atoms with van der Waals surface area (Å²) in [5.41, 5.74) is 3.81. The number of benzene rings is 2. The molecule has 1 saturated heterocycles. The maximum atomic E-state index is 11.0. The third kappa shape index (κ3) is 3.97. The van der Waals surface area contributed by atoms with Gasteiger partial charge in [0.2, 0.25) is 0 Å². The molecule has 4 nitrogen and oxygen atoms in total. The molecule has 120 valence electrons. The van der Waals surface area contributed by atoms with E-state index in [2.05, 4.69) is 6.92 Å². The average Bonchev–Trinajstić information content (AvgIpc) is 3.14. The van der Waals surface area contributed by atoms with Crippen molar-refractivity contribution in [3.8, 4) is 5.75 Å². The van der Waals surface area contributed by atoms with Crippen LogP contribution in [0.2, 0.25) is 0 Å². The fourth-order valence-corrected chi connectivity index (χ4v) is 2.53. The molecule has 0 aliphatic carbocycles. The number of carbonyl (C=O) groups excluding carboxylic acids is 1. The quantitative estimate of drug-likeness (QED) is 0.763. The predicted molar refractivity (Wildman–Crippen MR) is 86.6 cm³/mol. The highest BCUT2D eigenvalue weighted by molar-refractivity contribution is 5.76. The summed E-state index contributed by atoms with van der Waals surface area (Å²) in [4.78, 5) is 11.0. The lowest BCUT2D eigenvalue weighted by Crippen LogP contribution is -2.00. The van der Waals surface area contributed by atoms with Crippen molar-refractivity contribution in [2.45, 2.75) is 26.2 Å². The van der Waals surface area contributed by atoms with Crippen molar-refractivity contribution in [3.05, 3.63) is 64.7 Å². The molecule has 4 heteroatoms. The number of hydrogen-bond donors (Lipinski definition) is 0. The predicted octanol–water partition coefficient (Wildman–Crippen LogP) is 3.69.